The Kier molecular flexibility index (Phi) is 5.44. The predicted molar refractivity (Wildman–Crippen MR) is 108 cm³/mol. The van der Waals surface area contributed by atoms with Crippen LogP contribution in [-0.2, 0) is 12.8 Å². The van der Waals surface area contributed by atoms with Gasteiger partial charge in [0.15, 0.2) is 6.23 Å². The number of para-hydroxylation sites is 1. The Bertz CT molecular complexity index is 904. The van der Waals surface area contributed by atoms with E-state index in [2.05, 4.69) is 35.0 Å². The SMILES string of the molecule is CCCN(CCCc1c[nH]c2ccc(F)cc12)C1CCc2ccccc2O1. The fourth-order valence-electron chi connectivity index (χ4n) is 4.08. The number of aryl methyl sites for hydroxylation is 2. The van der Waals surface area contributed by atoms with E-state index in [0.717, 1.165) is 61.8 Å². The first-order valence-corrected chi connectivity index (χ1v) is 9.98. The van der Waals surface area contributed by atoms with E-state index in [0.29, 0.717) is 0 Å². The Hall–Kier alpha value is -2.33. The number of ether oxygens (including phenoxy) is 1. The molecule has 0 aliphatic carbocycles. The van der Waals surface area contributed by atoms with Gasteiger partial charge >= 0.3 is 0 Å². The van der Waals surface area contributed by atoms with Crippen molar-refractivity contribution < 1.29 is 9.13 Å². The summed E-state index contributed by atoms with van der Waals surface area (Å²) in [6, 6.07) is 13.3. The zero-order valence-electron chi connectivity index (χ0n) is 15.9. The van der Waals surface area contributed by atoms with Crippen molar-refractivity contribution in [3.63, 3.8) is 0 Å². The summed E-state index contributed by atoms with van der Waals surface area (Å²) in [6.45, 7) is 4.24. The molecule has 3 nitrogen and oxygen atoms in total. The lowest BCUT2D eigenvalue weighted by atomic mass is 10.0. The van der Waals surface area contributed by atoms with Crippen molar-refractivity contribution in [2.45, 2.75) is 45.3 Å². The normalized spacial score (nSPS) is 16.5. The van der Waals surface area contributed by atoms with Gasteiger partial charge in [-0.15, -0.1) is 0 Å². The molecule has 0 radical (unpaired) electrons. The number of hydrogen-bond acceptors (Lipinski definition) is 2. The summed E-state index contributed by atoms with van der Waals surface area (Å²) >= 11 is 0. The molecule has 2 heterocycles. The van der Waals surface area contributed by atoms with Gasteiger partial charge in [0.2, 0.25) is 0 Å². The second-order valence-corrected chi connectivity index (χ2v) is 7.36. The van der Waals surface area contributed by atoms with Crippen molar-refractivity contribution >= 4 is 10.9 Å². The number of hydrogen-bond donors (Lipinski definition) is 1. The lowest BCUT2D eigenvalue weighted by molar-refractivity contribution is 0.00880. The van der Waals surface area contributed by atoms with Gasteiger partial charge in [-0.05, 0) is 61.1 Å². The van der Waals surface area contributed by atoms with Crippen LogP contribution in [0.15, 0.2) is 48.7 Å². The summed E-state index contributed by atoms with van der Waals surface area (Å²) in [5.74, 6) is 0.854. The first kappa shape index (κ1) is 18.1. The van der Waals surface area contributed by atoms with Gasteiger partial charge in [-0.2, -0.15) is 0 Å². The fraction of sp³-hybridized carbons (Fsp3) is 0.391. The summed E-state index contributed by atoms with van der Waals surface area (Å²) < 4.78 is 19.9. The maximum Gasteiger partial charge on any atom is 0.153 e. The van der Waals surface area contributed by atoms with Crippen molar-refractivity contribution in [2.75, 3.05) is 13.1 Å². The molecule has 1 atom stereocenters. The highest BCUT2D eigenvalue weighted by molar-refractivity contribution is 5.83. The second kappa shape index (κ2) is 8.13. The molecule has 1 aromatic heterocycles. The minimum atomic E-state index is -0.176. The Balaban J connectivity index is 1.39. The van der Waals surface area contributed by atoms with E-state index in [4.69, 9.17) is 4.74 Å². The van der Waals surface area contributed by atoms with Crippen molar-refractivity contribution in [3.8, 4) is 5.75 Å². The van der Waals surface area contributed by atoms with Gasteiger partial charge in [-0.1, -0.05) is 25.1 Å². The number of rotatable bonds is 7. The topological polar surface area (TPSA) is 28.3 Å². The number of nitrogens with one attached hydrogen (secondary N) is 1. The van der Waals surface area contributed by atoms with Crippen LogP contribution < -0.4 is 4.74 Å². The molecule has 2 aromatic carbocycles. The van der Waals surface area contributed by atoms with Crippen LogP contribution in [0.1, 0.15) is 37.3 Å². The smallest absolute Gasteiger partial charge is 0.153 e. The molecule has 142 valence electrons. The zero-order valence-corrected chi connectivity index (χ0v) is 15.9. The number of nitrogens with zero attached hydrogens (tertiary/aromatic N) is 1. The molecule has 0 saturated heterocycles. The van der Waals surface area contributed by atoms with Crippen molar-refractivity contribution in [3.05, 3.63) is 65.6 Å². The highest BCUT2D eigenvalue weighted by Gasteiger charge is 2.24. The molecule has 1 unspecified atom stereocenters. The molecule has 0 saturated carbocycles. The van der Waals surface area contributed by atoms with Gasteiger partial charge in [-0.25, -0.2) is 4.39 Å². The lowest BCUT2D eigenvalue weighted by Gasteiger charge is -2.35. The Morgan fingerprint density at radius 2 is 2.07 bits per heavy atom. The number of benzene rings is 2. The van der Waals surface area contributed by atoms with Gasteiger partial charge < -0.3 is 9.72 Å². The number of halogens is 1. The zero-order chi connectivity index (χ0) is 18.6. The van der Waals surface area contributed by atoms with E-state index in [1.165, 1.54) is 17.2 Å². The molecule has 4 rings (SSSR count). The molecule has 0 amide bonds. The van der Waals surface area contributed by atoms with Gasteiger partial charge in [0, 0.05) is 36.6 Å². The number of fused-ring (bicyclic) bond motifs is 2. The first-order valence-electron chi connectivity index (χ1n) is 9.98. The van der Waals surface area contributed by atoms with Gasteiger partial charge in [0.25, 0.3) is 0 Å². The standard InChI is InChI=1S/C23H27FN2O/c1-2-13-26(23-12-9-17-6-3-4-8-22(17)27-23)14-5-7-18-16-25-21-11-10-19(24)15-20(18)21/h3-4,6,8,10-11,15-16,23,25H,2,5,7,9,12-14H2,1H3. The maximum absolute atomic E-state index is 13.6. The third kappa shape index (κ3) is 4.01. The molecule has 27 heavy (non-hydrogen) atoms. The second-order valence-electron chi connectivity index (χ2n) is 7.36. The van der Waals surface area contributed by atoms with Crippen molar-refractivity contribution in [1.82, 2.24) is 9.88 Å². The van der Waals surface area contributed by atoms with Crippen LogP contribution >= 0.6 is 0 Å². The van der Waals surface area contributed by atoms with E-state index in [-0.39, 0.29) is 12.0 Å². The molecule has 0 bridgehead atoms. The average Bonchev–Trinajstić information content (AvgIpc) is 3.09. The van der Waals surface area contributed by atoms with E-state index >= 15 is 0 Å². The monoisotopic (exact) mass is 366 g/mol. The highest BCUT2D eigenvalue weighted by Crippen LogP contribution is 2.29. The largest absolute Gasteiger partial charge is 0.475 e. The Morgan fingerprint density at radius 3 is 2.96 bits per heavy atom. The minimum Gasteiger partial charge on any atom is -0.475 e. The molecule has 4 heteroatoms. The van der Waals surface area contributed by atoms with E-state index in [1.54, 1.807) is 6.07 Å². The molecule has 1 N–H and O–H groups in total. The van der Waals surface area contributed by atoms with Gasteiger partial charge in [-0.3, -0.25) is 4.90 Å². The van der Waals surface area contributed by atoms with Crippen LogP contribution in [-0.4, -0.2) is 29.2 Å². The number of aromatic amines is 1. The lowest BCUT2D eigenvalue weighted by Crippen LogP contribution is -2.42. The highest BCUT2D eigenvalue weighted by atomic mass is 19.1. The Morgan fingerprint density at radius 1 is 1.19 bits per heavy atom. The van der Waals surface area contributed by atoms with Crippen LogP contribution in [0.3, 0.4) is 0 Å². The summed E-state index contributed by atoms with van der Waals surface area (Å²) in [6.07, 6.45) is 7.36. The van der Waals surface area contributed by atoms with Crippen LogP contribution in [0, 0.1) is 5.82 Å². The van der Waals surface area contributed by atoms with E-state index in [9.17, 15) is 4.39 Å². The third-order valence-corrected chi connectivity index (χ3v) is 5.44. The van der Waals surface area contributed by atoms with Crippen LogP contribution in [0.2, 0.25) is 0 Å². The number of H-pyrrole nitrogens is 1. The van der Waals surface area contributed by atoms with Gasteiger partial charge in [0.05, 0.1) is 0 Å². The van der Waals surface area contributed by atoms with Crippen LogP contribution in [0.5, 0.6) is 5.75 Å². The average molecular weight is 366 g/mol. The van der Waals surface area contributed by atoms with E-state index < -0.39 is 0 Å². The number of aromatic nitrogens is 1. The first-order chi connectivity index (χ1) is 13.2. The molecular weight excluding hydrogens is 339 g/mol. The summed E-state index contributed by atoms with van der Waals surface area (Å²) in [5, 5.41) is 1.000. The molecule has 1 aliphatic heterocycles. The third-order valence-electron chi connectivity index (χ3n) is 5.44. The van der Waals surface area contributed by atoms with Crippen molar-refractivity contribution in [2.24, 2.45) is 0 Å². The molecule has 1 aliphatic rings. The summed E-state index contributed by atoms with van der Waals surface area (Å²) in [5.41, 5.74) is 3.51. The predicted octanol–water partition coefficient (Wildman–Crippen LogP) is 5.30. The maximum atomic E-state index is 13.6. The Labute approximate surface area is 160 Å². The molecule has 0 spiro atoms. The van der Waals surface area contributed by atoms with Gasteiger partial charge in [0.1, 0.15) is 11.6 Å². The van der Waals surface area contributed by atoms with Crippen LogP contribution in [0.25, 0.3) is 10.9 Å². The fourth-order valence-corrected chi connectivity index (χ4v) is 4.08. The molecule has 0 fully saturated rings. The summed E-state index contributed by atoms with van der Waals surface area (Å²) in [4.78, 5) is 5.71. The van der Waals surface area contributed by atoms with E-state index in [1.807, 2.05) is 18.3 Å². The quantitative estimate of drug-likeness (QED) is 0.614. The minimum absolute atomic E-state index is 0.153. The summed E-state index contributed by atoms with van der Waals surface area (Å²) in [7, 11) is 0. The van der Waals surface area contributed by atoms with Crippen molar-refractivity contribution in [1.29, 1.82) is 0 Å². The molecule has 3 aromatic rings. The molecular formula is C23H27FN2O. The van der Waals surface area contributed by atoms with Crippen LogP contribution in [0.4, 0.5) is 4.39 Å².